The summed E-state index contributed by atoms with van der Waals surface area (Å²) < 4.78 is 4.89. The number of rotatable bonds is 7. The van der Waals surface area contributed by atoms with E-state index >= 15 is 0 Å². The minimum absolute atomic E-state index is 0.339. The smallest absolute Gasteiger partial charge is 0.330 e. The second-order valence-corrected chi connectivity index (χ2v) is 7.17. The zero-order valence-electron chi connectivity index (χ0n) is 16.8. The first-order valence-corrected chi connectivity index (χ1v) is 9.76. The quantitative estimate of drug-likeness (QED) is 0.587. The molecule has 1 N–H and O–H groups in total. The number of likely N-dealkylation sites (tertiary alicyclic amines) is 1. The van der Waals surface area contributed by atoms with Crippen molar-refractivity contribution in [2.75, 3.05) is 25.0 Å². The van der Waals surface area contributed by atoms with Gasteiger partial charge in [0.15, 0.2) is 0 Å². The summed E-state index contributed by atoms with van der Waals surface area (Å²) in [5, 5.41) is 3.44. The largest absolute Gasteiger partial charge is 0.463 e. The van der Waals surface area contributed by atoms with Gasteiger partial charge in [-0.25, -0.2) is 14.8 Å². The van der Waals surface area contributed by atoms with E-state index in [1.807, 2.05) is 6.92 Å². The molecule has 0 saturated carbocycles. The van der Waals surface area contributed by atoms with Crippen LogP contribution in [0.1, 0.15) is 35.7 Å². The number of carbonyl (C=O) groups is 1. The van der Waals surface area contributed by atoms with Crippen LogP contribution in [0.15, 0.2) is 36.5 Å². The molecule has 1 fully saturated rings. The second-order valence-electron chi connectivity index (χ2n) is 7.17. The summed E-state index contributed by atoms with van der Waals surface area (Å²) >= 11 is 0. The van der Waals surface area contributed by atoms with Crippen molar-refractivity contribution in [3.63, 3.8) is 0 Å². The van der Waals surface area contributed by atoms with Crippen LogP contribution in [0, 0.1) is 13.8 Å². The average molecular weight is 380 g/mol. The highest BCUT2D eigenvalue weighted by Crippen LogP contribution is 2.17. The van der Waals surface area contributed by atoms with Crippen molar-refractivity contribution in [2.45, 2.75) is 39.8 Å². The average Bonchev–Trinajstić information content (AvgIpc) is 3.10. The summed E-state index contributed by atoms with van der Waals surface area (Å²) in [5.74, 6) is 0.275. The standard InChI is InChI=1S/C22H28N4O2/c1-4-28-21(27)10-9-19-13-23-22(24-17(19)3)25-20-11-12-26(15-20)14-18-7-5-16(2)6-8-18/h5-10,13,20H,4,11-12,14-15H2,1-3H3,(H,23,24,25)/t20-/m1/s1. The van der Waals surface area contributed by atoms with Crippen LogP contribution in [-0.4, -0.2) is 46.6 Å². The molecule has 1 aliphatic rings. The molecule has 1 aromatic carbocycles. The van der Waals surface area contributed by atoms with Gasteiger partial charge >= 0.3 is 5.97 Å². The molecule has 148 valence electrons. The number of nitrogens with one attached hydrogen (secondary N) is 1. The van der Waals surface area contributed by atoms with Crippen LogP contribution < -0.4 is 5.32 Å². The first kappa shape index (κ1) is 20.0. The minimum atomic E-state index is -0.358. The molecule has 0 unspecified atom stereocenters. The van der Waals surface area contributed by atoms with E-state index in [1.165, 1.54) is 17.2 Å². The summed E-state index contributed by atoms with van der Waals surface area (Å²) in [6.45, 7) is 9.17. The molecule has 2 aromatic rings. The number of hydrogen-bond donors (Lipinski definition) is 1. The van der Waals surface area contributed by atoms with E-state index in [2.05, 4.69) is 51.4 Å². The normalized spacial score (nSPS) is 17.2. The third kappa shape index (κ3) is 5.63. The Morgan fingerprint density at radius 2 is 2.11 bits per heavy atom. The summed E-state index contributed by atoms with van der Waals surface area (Å²) in [7, 11) is 0. The lowest BCUT2D eigenvalue weighted by Gasteiger charge is -2.17. The van der Waals surface area contributed by atoms with Gasteiger partial charge in [-0.2, -0.15) is 0 Å². The molecule has 1 atom stereocenters. The number of benzene rings is 1. The Morgan fingerprint density at radius 3 is 2.82 bits per heavy atom. The number of carbonyl (C=O) groups excluding carboxylic acids is 1. The lowest BCUT2D eigenvalue weighted by molar-refractivity contribution is -0.137. The van der Waals surface area contributed by atoms with E-state index in [-0.39, 0.29) is 5.97 Å². The topological polar surface area (TPSA) is 67.3 Å². The van der Waals surface area contributed by atoms with Gasteiger partial charge in [0.25, 0.3) is 0 Å². The van der Waals surface area contributed by atoms with Crippen molar-refractivity contribution in [1.82, 2.24) is 14.9 Å². The van der Waals surface area contributed by atoms with Gasteiger partial charge in [-0.15, -0.1) is 0 Å². The Balaban J connectivity index is 1.53. The van der Waals surface area contributed by atoms with Crippen molar-refractivity contribution in [3.8, 4) is 0 Å². The van der Waals surface area contributed by atoms with E-state index in [1.54, 1.807) is 19.2 Å². The van der Waals surface area contributed by atoms with Gasteiger partial charge in [-0.1, -0.05) is 29.8 Å². The van der Waals surface area contributed by atoms with Crippen LogP contribution in [0.25, 0.3) is 6.08 Å². The maximum absolute atomic E-state index is 11.4. The maximum atomic E-state index is 11.4. The van der Waals surface area contributed by atoms with Gasteiger partial charge in [0.05, 0.1) is 12.3 Å². The van der Waals surface area contributed by atoms with Crippen LogP contribution in [0.2, 0.25) is 0 Å². The second kappa shape index (κ2) is 9.46. The van der Waals surface area contributed by atoms with Crippen LogP contribution in [-0.2, 0) is 16.1 Å². The van der Waals surface area contributed by atoms with E-state index in [0.717, 1.165) is 37.3 Å². The first-order valence-electron chi connectivity index (χ1n) is 9.76. The molecule has 3 rings (SSSR count). The number of anilines is 1. The molecular formula is C22H28N4O2. The van der Waals surface area contributed by atoms with E-state index in [4.69, 9.17) is 4.74 Å². The summed E-state index contributed by atoms with van der Waals surface area (Å²) in [5.41, 5.74) is 4.27. The van der Waals surface area contributed by atoms with Gasteiger partial charge in [0.2, 0.25) is 5.95 Å². The molecule has 0 aliphatic carbocycles. The molecule has 0 amide bonds. The van der Waals surface area contributed by atoms with Gasteiger partial charge in [-0.05, 0) is 38.8 Å². The van der Waals surface area contributed by atoms with Gasteiger partial charge in [-0.3, -0.25) is 4.90 Å². The Labute approximate surface area is 166 Å². The number of nitrogens with zero attached hydrogens (tertiary/aromatic N) is 3. The van der Waals surface area contributed by atoms with E-state index in [0.29, 0.717) is 18.6 Å². The molecule has 0 spiro atoms. The van der Waals surface area contributed by atoms with Gasteiger partial charge in [0.1, 0.15) is 0 Å². The molecule has 28 heavy (non-hydrogen) atoms. The van der Waals surface area contributed by atoms with E-state index in [9.17, 15) is 4.79 Å². The predicted octanol–water partition coefficient (Wildman–Crippen LogP) is 3.36. The van der Waals surface area contributed by atoms with Crippen LogP contribution in [0.5, 0.6) is 0 Å². The van der Waals surface area contributed by atoms with Crippen LogP contribution in [0.3, 0.4) is 0 Å². The Hall–Kier alpha value is -2.73. The van der Waals surface area contributed by atoms with E-state index < -0.39 is 0 Å². The SMILES string of the molecule is CCOC(=O)C=Cc1cnc(N[C@@H]2CCN(Cc3ccc(C)cc3)C2)nc1C. The summed E-state index contributed by atoms with van der Waals surface area (Å²) in [6, 6.07) is 9.06. The monoisotopic (exact) mass is 380 g/mol. The number of hydrogen-bond acceptors (Lipinski definition) is 6. The molecule has 1 aromatic heterocycles. The van der Waals surface area contributed by atoms with Crippen molar-refractivity contribution in [3.05, 3.63) is 58.9 Å². The molecule has 6 nitrogen and oxygen atoms in total. The van der Waals surface area contributed by atoms with Crippen LogP contribution >= 0.6 is 0 Å². The minimum Gasteiger partial charge on any atom is -0.463 e. The predicted molar refractivity (Wildman–Crippen MR) is 111 cm³/mol. The lowest BCUT2D eigenvalue weighted by atomic mass is 10.1. The Kier molecular flexibility index (Phi) is 6.76. The fourth-order valence-electron chi connectivity index (χ4n) is 3.29. The number of aromatic nitrogens is 2. The van der Waals surface area contributed by atoms with Crippen molar-refractivity contribution >= 4 is 18.0 Å². The summed E-state index contributed by atoms with van der Waals surface area (Å²) in [4.78, 5) is 22.8. The fraction of sp³-hybridized carbons (Fsp3) is 0.409. The van der Waals surface area contributed by atoms with Crippen LogP contribution in [0.4, 0.5) is 5.95 Å². The number of ether oxygens (including phenoxy) is 1. The number of esters is 1. The highest BCUT2D eigenvalue weighted by atomic mass is 16.5. The van der Waals surface area contributed by atoms with Gasteiger partial charge < -0.3 is 10.1 Å². The fourth-order valence-corrected chi connectivity index (χ4v) is 3.29. The highest BCUT2D eigenvalue weighted by Gasteiger charge is 2.23. The van der Waals surface area contributed by atoms with Gasteiger partial charge in [0, 0.05) is 43.5 Å². The lowest BCUT2D eigenvalue weighted by Crippen LogP contribution is -2.26. The zero-order chi connectivity index (χ0) is 19.9. The zero-order valence-corrected chi connectivity index (χ0v) is 16.8. The Bertz CT molecular complexity index is 833. The maximum Gasteiger partial charge on any atom is 0.330 e. The van der Waals surface area contributed by atoms with Crippen molar-refractivity contribution in [2.24, 2.45) is 0 Å². The highest BCUT2D eigenvalue weighted by molar-refractivity contribution is 5.87. The molecule has 0 bridgehead atoms. The molecule has 1 saturated heterocycles. The molecule has 0 radical (unpaired) electrons. The molecular weight excluding hydrogens is 352 g/mol. The summed E-state index contributed by atoms with van der Waals surface area (Å²) in [6.07, 6.45) is 5.90. The molecule has 1 aliphatic heterocycles. The third-order valence-electron chi connectivity index (χ3n) is 4.84. The van der Waals surface area contributed by atoms with Crippen molar-refractivity contribution < 1.29 is 9.53 Å². The third-order valence-corrected chi connectivity index (χ3v) is 4.84. The molecule has 2 heterocycles. The first-order chi connectivity index (χ1) is 13.5. The Morgan fingerprint density at radius 1 is 1.32 bits per heavy atom. The molecule has 6 heteroatoms. The number of aryl methyl sites for hydroxylation is 2. The van der Waals surface area contributed by atoms with Crippen molar-refractivity contribution in [1.29, 1.82) is 0 Å².